The molecular formula is C26H24N2O3. The zero-order valence-corrected chi connectivity index (χ0v) is 17.3. The summed E-state index contributed by atoms with van der Waals surface area (Å²) < 4.78 is 6.08. The highest BCUT2D eigenvalue weighted by atomic mass is 16.5. The number of benzene rings is 2. The van der Waals surface area contributed by atoms with Crippen LogP contribution in [-0.2, 0) is 17.9 Å². The van der Waals surface area contributed by atoms with Gasteiger partial charge >= 0.3 is 0 Å². The summed E-state index contributed by atoms with van der Waals surface area (Å²) in [6.45, 7) is 1.29. The summed E-state index contributed by atoms with van der Waals surface area (Å²) in [6, 6.07) is 19.4. The van der Waals surface area contributed by atoms with Crippen molar-refractivity contribution in [1.29, 1.82) is 0 Å². The minimum absolute atomic E-state index is 0.0214. The van der Waals surface area contributed by atoms with E-state index in [2.05, 4.69) is 17.1 Å². The number of hydrogen-bond acceptors (Lipinski definition) is 4. The van der Waals surface area contributed by atoms with E-state index < -0.39 is 0 Å². The van der Waals surface area contributed by atoms with Gasteiger partial charge in [-0.15, -0.1) is 0 Å². The van der Waals surface area contributed by atoms with Crippen LogP contribution < -0.4 is 4.74 Å². The van der Waals surface area contributed by atoms with Crippen molar-refractivity contribution < 1.29 is 14.3 Å². The minimum atomic E-state index is 0.0214. The number of rotatable bonds is 4. The van der Waals surface area contributed by atoms with Crippen LogP contribution >= 0.6 is 0 Å². The van der Waals surface area contributed by atoms with Crippen molar-refractivity contribution >= 4 is 11.7 Å². The van der Waals surface area contributed by atoms with Crippen LogP contribution in [0.15, 0.2) is 66.9 Å². The first-order chi connectivity index (χ1) is 15.2. The van der Waals surface area contributed by atoms with Crippen molar-refractivity contribution in [3.63, 3.8) is 0 Å². The molecule has 31 heavy (non-hydrogen) atoms. The first-order valence-corrected chi connectivity index (χ1v) is 10.8. The van der Waals surface area contributed by atoms with E-state index in [-0.39, 0.29) is 5.91 Å². The van der Waals surface area contributed by atoms with Crippen molar-refractivity contribution in [2.75, 3.05) is 0 Å². The summed E-state index contributed by atoms with van der Waals surface area (Å²) in [5, 5.41) is 0. The van der Waals surface area contributed by atoms with E-state index >= 15 is 0 Å². The van der Waals surface area contributed by atoms with Gasteiger partial charge < -0.3 is 9.64 Å². The average molecular weight is 412 g/mol. The second kappa shape index (κ2) is 8.34. The molecule has 3 aromatic rings. The van der Waals surface area contributed by atoms with Gasteiger partial charge in [0, 0.05) is 43.3 Å². The quantitative estimate of drug-likeness (QED) is 0.587. The van der Waals surface area contributed by atoms with Gasteiger partial charge in [-0.25, -0.2) is 4.98 Å². The molecule has 1 amide bonds. The smallest absolute Gasteiger partial charge is 0.254 e. The Kier molecular flexibility index (Phi) is 5.24. The highest BCUT2D eigenvalue weighted by molar-refractivity contribution is 5.94. The van der Waals surface area contributed by atoms with Gasteiger partial charge in [-0.1, -0.05) is 30.3 Å². The van der Waals surface area contributed by atoms with Gasteiger partial charge in [0.15, 0.2) is 0 Å². The lowest BCUT2D eigenvalue weighted by Gasteiger charge is -2.22. The molecule has 0 atom stereocenters. The van der Waals surface area contributed by atoms with Crippen LogP contribution in [0, 0.1) is 0 Å². The number of ketones is 1. The van der Waals surface area contributed by atoms with E-state index in [1.165, 1.54) is 11.1 Å². The summed E-state index contributed by atoms with van der Waals surface area (Å²) in [7, 11) is 0. The maximum Gasteiger partial charge on any atom is 0.254 e. The molecule has 1 aliphatic carbocycles. The Labute approximate surface area is 181 Å². The highest BCUT2D eigenvalue weighted by Gasteiger charge is 2.25. The number of aromatic nitrogens is 1. The molecule has 5 nitrogen and oxygen atoms in total. The molecule has 0 N–H and O–H groups in total. The molecule has 0 bridgehead atoms. The van der Waals surface area contributed by atoms with E-state index in [1.807, 2.05) is 53.4 Å². The Morgan fingerprint density at radius 1 is 0.903 bits per heavy atom. The molecule has 2 heterocycles. The van der Waals surface area contributed by atoms with Crippen LogP contribution in [0.4, 0.5) is 0 Å². The van der Waals surface area contributed by atoms with Crippen LogP contribution in [0.2, 0.25) is 0 Å². The van der Waals surface area contributed by atoms with E-state index in [0.29, 0.717) is 54.8 Å². The van der Waals surface area contributed by atoms with Crippen molar-refractivity contribution in [2.24, 2.45) is 0 Å². The standard InChI is InChI=1S/C26H24N2O3/c29-22-11-7-18(8-12-22)24-6-3-15-27-25(24)31-23-13-9-19(10-14-23)26(30)28-16-20-4-1-2-5-21(20)17-28/h1-6,9-10,13-15,18H,7-8,11-12,16-17H2. The molecule has 156 valence electrons. The van der Waals surface area contributed by atoms with Gasteiger partial charge in [-0.05, 0) is 60.2 Å². The Bertz CT molecular complexity index is 1090. The van der Waals surface area contributed by atoms with E-state index in [1.54, 1.807) is 6.20 Å². The summed E-state index contributed by atoms with van der Waals surface area (Å²) in [6.07, 6.45) is 4.64. The fourth-order valence-electron chi connectivity index (χ4n) is 4.49. The number of carbonyl (C=O) groups excluding carboxylic acids is 2. The molecule has 5 rings (SSSR count). The topological polar surface area (TPSA) is 59.5 Å². The Morgan fingerprint density at radius 2 is 1.58 bits per heavy atom. The van der Waals surface area contributed by atoms with Crippen molar-refractivity contribution in [3.8, 4) is 11.6 Å². The average Bonchev–Trinajstić information content (AvgIpc) is 3.25. The lowest BCUT2D eigenvalue weighted by molar-refractivity contribution is -0.120. The zero-order chi connectivity index (χ0) is 21.2. The number of ether oxygens (including phenoxy) is 1. The first kappa shape index (κ1) is 19.5. The number of amides is 1. The minimum Gasteiger partial charge on any atom is -0.439 e. The molecule has 0 unspecified atom stereocenters. The molecule has 1 fully saturated rings. The number of pyridine rings is 1. The second-order valence-corrected chi connectivity index (χ2v) is 8.27. The zero-order valence-electron chi connectivity index (χ0n) is 17.3. The molecule has 0 spiro atoms. The molecule has 0 saturated heterocycles. The predicted octanol–water partition coefficient (Wildman–Crippen LogP) is 5.26. The highest BCUT2D eigenvalue weighted by Crippen LogP contribution is 2.37. The van der Waals surface area contributed by atoms with Crippen molar-refractivity contribution in [3.05, 3.63) is 89.1 Å². The fourth-order valence-corrected chi connectivity index (χ4v) is 4.49. The van der Waals surface area contributed by atoms with Gasteiger partial charge in [-0.2, -0.15) is 0 Å². The second-order valence-electron chi connectivity index (χ2n) is 8.27. The normalized spacial score (nSPS) is 16.3. The third-order valence-corrected chi connectivity index (χ3v) is 6.23. The summed E-state index contributed by atoms with van der Waals surface area (Å²) in [5.74, 6) is 1.88. The number of fused-ring (bicyclic) bond motifs is 1. The Morgan fingerprint density at radius 3 is 2.26 bits per heavy atom. The van der Waals surface area contributed by atoms with Crippen LogP contribution in [0.5, 0.6) is 11.6 Å². The Hall–Kier alpha value is -3.47. The molecule has 0 radical (unpaired) electrons. The van der Waals surface area contributed by atoms with Crippen LogP contribution in [-0.4, -0.2) is 21.6 Å². The lowest BCUT2D eigenvalue weighted by atomic mass is 9.84. The van der Waals surface area contributed by atoms with E-state index in [9.17, 15) is 9.59 Å². The largest absolute Gasteiger partial charge is 0.439 e. The Balaban J connectivity index is 1.28. The van der Waals surface area contributed by atoms with Gasteiger partial charge in [0.1, 0.15) is 11.5 Å². The number of hydrogen-bond donors (Lipinski definition) is 0. The molecule has 2 aromatic carbocycles. The van der Waals surface area contributed by atoms with Crippen LogP contribution in [0.25, 0.3) is 0 Å². The van der Waals surface area contributed by atoms with Crippen molar-refractivity contribution in [2.45, 2.75) is 44.7 Å². The van der Waals surface area contributed by atoms with Gasteiger partial charge in [-0.3, -0.25) is 9.59 Å². The van der Waals surface area contributed by atoms with Gasteiger partial charge in [0.05, 0.1) is 0 Å². The fraction of sp³-hybridized carbons (Fsp3) is 0.269. The maximum absolute atomic E-state index is 12.9. The number of Topliss-reactive ketones (excluding diaryl/α,β-unsaturated/α-hetero) is 1. The molecule has 2 aliphatic rings. The van der Waals surface area contributed by atoms with Crippen LogP contribution in [0.1, 0.15) is 58.6 Å². The third kappa shape index (κ3) is 4.08. The summed E-state index contributed by atoms with van der Waals surface area (Å²) in [4.78, 5) is 30.8. The predicted molar refractivity (Wildman–Crippen MR) is 117 cm³/mol. The molecular weight excluding hydrogens is 388 g/mol. The molecule has 5 heteroatoms. The number of nitrogens with zero attached hydrogens (tertiary/aromatic N) is 2. The van der Waals surface area contributed by atoms with Gasteiger partial charge in [0.25, 0.3) is 5.91 Å². The van der Waals surface area contributed by atoms with E-state index in [0.717, 1.165) is 18.4 Å². The van der Waals surface area contributed by atoms with E-state index in [4.69, 9.17) is 4.74 Å². The van der Waals surface area contributed by atoms with Crippen LogP contribution in [0.3, 0.4) is 0 Å². The molecule has 1 saturated carbocycles. The SMILES string of the molecule is O=C1CCC(c2cccnc2Oc2ccc(C(=O)N3Cc4ccccc4C3)cc2)CC1. The third-order valence-electron chi connectivity index (χ3n) is 6.23. The van der Waals surface area contributed by atoms with Crippen molar-refractivity contribution in [1.82, 2.24) is 9.88 Å². The summed E-state index contributed by atoms with van der Waals surface area (Å²) in [5.41, 5.74) is 4.11. The monoisotopic (exact) mass is 412 g/mol. The first-order valence-electron chi connectivity index (χ1n) is 10.8. The number of carbonyl (C=O) groups is 2. The lowest BCUT2D eigenvalue weighted by Crippen LogP contribution is -2.25. The maximum atomic E-state index is 12.9. The molecule has 1 aromatic heterocycles. The van der Waals surface area contributed by atoms with Gasteiger partial charge in [0.2, 0.25) is 5.88 Å². The molecule has 1 aliphatic heterocycles. The summed E-state index contributed by atoms with van der Waals surface area (Å²) >= 11 is 0.